The molecule has 4 heterocycles. The lowest BCUT2D eigenvalue weighted by Crippen LogP contribution is -2.36. The van der Waals surface area contributed by atoms with Gasteiger partial charge in [-0.3, -0.25) is 9.36 Å². The Morgan fingerprint density at radius 3 is 2.92 bits per heavy atom. The molecule has 0 bridgehead atoms. The van der Waals surface area contributed by atoms with Crippen LogP contribution >= 0.6 is 0 Å². The van der Waals surface area contributed by atoms with E-state index in [1.54, 1.807) is 23.4 Å². The maximum Gasteiger partial charge on any atom is 0.253 e. The van der Waals surface area contributed by atoms with Crippen molar-refractivity contribution in [1.82, 2.24) is 24.5 Å². The summed E-state index contributed by atoms with van der Waals surface area (Å²) in [4.78, 5) is 30.3. The van der Waals surface area contributed by atoms with Gasteiger partial charge in [-0.05, 0) is 31.7 Å². The average molecular weight is 324 g/mol. The predicted octanol–water partition coefficient (Wildman–Crippen LogP) is 1.74. The highest BCUT2D eigenvalue weighted by Crippen LogP contribution is 2.27. The highest BCUT2D eigenvalue weighted by atomic mass is 16.1. The summed E-state index contributed by atoms with van der Waals surface area (Å²) in [5.41, 5.74) is 3.09. The Balaban J connectivity index is 1.48. The normalized spacial score (nSPS) is 16.0. The molecular formula is C17H20N6O. The smallest absolute Gasteiger partial charge is 0.253 e. The van der Waals surface area contributed by atoms with Gasteiger partial charge < -0.3 is 9.88 Å². The molecule has 0 unspecified atom stereocenters. The number of aryl methyl sites for hydroxylation is 1. The van der Waals surface area contributed by atoms with Gasteiger partial charge in [-0.15, -0.1) is 0 Å². The van der Waals surface area contributed by atoms with Crippen molar-refractivity contribution in [3.63, 3.8) is 0 Å². The number of piperidine rings is 1. The van der Waals surface area contributed by atoms with Crippen LogP contribution in [0.4, 0.5) is 5.82 Å². The summed E-state index contributed by atoms with van der Waals surface area (Å²) < 4.78 is 1.71. The fourth-order valence-electron chi connectivity index (χ4n) is 3.42. The van der Waals surface area contributed by atoms with Crippen LogP contribution in [0.5, 0.6) is 0 Å². The molecule has 7 nitrogen and oxygen atoms in total. The summed E-state index contributed by atoms with van der Waals surface area (Å²) in [6, 6.07) is 3.56. The summed E-state index contributed by atoms with van der Waals surface area (Å²) in [6.45, 7) is 4.64. The van der Waals surface area contributed by atoms with E-state index in [0.29, 0.717) is 5.92 Å². The standard InChI is InChI=1S/C17H20N6O/c1-12-8-14-16(21-12)17(20-10-19-14)22-6-3-13(4-7-22)9-23-11-18-5-2-15(23)24/h2,5,8,10-11,13,21H,3-4,6-7,9H2,1H3. The quantitative estimate of drug-likeness (QED) is 0.794. The third-order valence-electron chi connectivity index (χ3n) is 4.69. The molecule has 0 aromatic carbocycles. The first-order chi connectivity index (χ1) is 11.7. The van der Waals surface area contributed by atoms with E-state index in [9.17, 15) is 4.79 Å². The van der Waals surface area contributed by atoms with Crippen LogP contribution < -0.4 is 10.5 Å². The highest BCUT2D eigenvalue weighted by molar-refractivity contribution is 5.86. The molecule has 0 aliphatic carbocycles. The van der Waals surface area contributed by atoms with Gasteiger partial charge in [-0.1, -0.05) is 0 Å². The lowest BCUT2D eigenvalue weighted by molar-refractivity contribution is 0.350. The summed E-state index contributed by atoms with van der Waals surface area (Å²) in [5, 5.41) is 0. The number of fused-ring (bicyclic) bond motifs is 1. The summed E-state index contributed by atoms with van der Waals surface area (Å²) in [6.07, 6.45) is 6.87. The van der Waals surface area contributed by atoms with Crippen molar-refractivity contribution in [1.29, 1.82) is 0 Å². The second-order valence-electron chi connectivity index (χ2n) is 6.41. The minimum Gasteiger partial charge on any atom is -0.355 e. The fraction of sp³-hybridized carbons (Fsp3) is 0.412. The summed E-state index contributed by atoms with van der Waals surface area (Å²) in [7, 11) is 0. The van der Waals surface area contributed by atoms with Gasteiger partial charge in [-0.2, -0.15) is 0 Å². The molecule has 24 heavy (non-hydrogen) atoms. The summed E-state index contributed by atoms with van der Waals surface area (Å²) >= 11 is 0. The van der Waals surface area contributed by atoms with Crippen LogP contribution in [0.15, 0.2) is 35.8 Å². The SMILES string of the molecule is Cc1cc2ncnc(N3CCC(Cn4cnccc4=O)CC3)c2[nH]1. The molecule has 1 aliphatic rings. The monoisotopic (exact) mass is 324 g/mol. The van der Waals surface area contributed by atoms with E-state index in [1.165, 1.54) is 6.07 Å². The number of hydrogen-bond acceptors (Lipinski definition) is 5. The third kappa shape index (κ3) is 2.77. The molecule has 1 aliphatic heterocycles. The van der Waals surface area contributed by atoms with Crippen molar-refractivity contribution in [3.05, 3.63) is 47.0 Å². The molecule has 1 N–H and O–H groups in total. The van der Waals surface area contributed by atoms with Crippen molar-refractivity contribution in [2.24, 2.45) is 5.92 Å². The second-order valence-corrected chi connectivity index (χ2v) is 6.41. The van der Waals surface area contributed by atoms with Gasteiger partial charge in [0.1, 0.15) is 11.8 Å². The van der Waals surface area contributed by atoms with Gasteiger partial charge in [0, 0.05) is 37.6 Å². The number of anilines is 1. The number of aromatic nitrogens is 5. The van der Waals surface area contributed by atoms with E-state index in [1.807, 2.05) is 13.0 Å². The Labute approximate surface area is 139 Å². The Kier molecular flexibility index (Phi) is 3.76. The van der Waals surface area contributed by atoms with Crippen LogP contribution in [0.2, 0.25) is 0 Å². The van der Waals surface area contributed by atoms with Crippen molar-refractivity contribution >= 4 is 16.9 Å². The molecule has 0 atom stereocenters. The maximum absolute atomic E-state index is 11.8. The first kappa shape index (κ1) is 14.9. The van der Waals surface area contributed by atoms with Crippen molar-refractivity contribution in [2.45, 2.75) is 26.3 Å². The van der Waals surface area contributed by atoms with Gasteiger partial charge in [0.15, 0.2) is 5.82 Å². The largest absolute Gasteiger partial charge is 0.355 e. The van der Waals surface area contributed by atoms with E-state index in [4.69, 9.17) is 0 Å². The molecule has 0 amide bonds. The molecule has 124 valence electrons. The van der Waals surface area contributed by atoms with Gasteiger partial charge in [0.05, 0.1) is 11.8 Å². The minimum atomic E-state index is 0.0202. The topological polar surface area (TPSA) is 79.7 Å². The third-order valence-corrected chi connectivity index (χ3v) is 4.69. The lowest BCUT2D eigenvalue weighted by atomic mass is 9.96. The molecule has 0 saturated carbocycles. The first-order valence-corrected chi connectivity index (χ1v) is 8.26. The first-order valence-electron chi connectivity index (χ1n) is 8.26. The van der Waals surface area contributed by atoms with E-state index in [2.05, 4.69) is 24.8 Å². The zero-order valence-corrected chi connectivity index (χ0v) is 13.6. The van der Waals surface area contributed by atoms with E-state index >= 15 is 0 Å². The van der Waals surface area contributed by atoms with Crippen molar-refractivity contribution < 1.29 is 0 Å². The van der Waals surface area contributed by atoms with E-state index < -0.39 is 0 Å². The number of H-pyrrole nitrogens is 1. The molecule has 0 spiro atoms. The summed E-state index contributed by atoms with van der Waals surface area (Å²) in [5.74, 6) is 1.47. The molecule has 4 rings (SSSR count). The van der Waals surface area contributed by atoms with Crippen molar-refractivity contribution in [2.75, 3.05) is 18.0 Å². The number of nitrogens with one attached hydrogen (secondary N) is 1. The highest BCUT2D eigenvalue weighted by Gasteiger charge is 2.22. The van der Waals surface area contributed by atoms with Crippen molar-refractivity contribution in [3.8, 4) is 0 Å². The average Bonchev–Trinajstić information content (AvgIpc) is 2.98. The van der Waals surface area contributed by atoms with Gasteiger partial charge in [0.2, 0.25) is 0 Å². The zero-order valence-electron chi connectivity index (χ0n) is 13.6. The number of hydrogen-bond donors (Lipinski definition) is 1. The van der Waals surface area contributed by atoms with Crippen LogP contribution in [0, 0.1) is 12.8 Å². The molecule has 1 fully saturated rings. The van der Waals surface area contributed by atoms with Crippen LogP contribution in [0.1, 0.15) is 18.5 Å². The number of aromatic amines is 1. The zero-order chi connectivity index (χ0) is 16.5. The maximum atomic E-state index is 11.8. The second kappa shape index (κ2) is 6.07. The lowest BCUT2D eigenvalue weighted by Gasteiger charge is -2.33. The van der Waals surface area contributed by atoms with Crippen LogP contribution in [-0.2, 0) is 6.54 Å². The Morgan fingerprint density at radius 1 is 1.29 bits per heavy atom. The Bertz CT molecular complexity index is 907. The molecule has 3 aromatic rings. The molecule has 1 saturated heterocycles. The van der Waals surface area contributed by atoms with E-state index in [0.717, 1.165) is 55.0 Å². The van der Waals surface area contributed by atoms with Crippen LogP contribution in [0.3, 0.4) is 0 Å². The Morgan fingerprint density at radius 2 is 2.12 bits per heavy atom. The molecule has 3 aromatic heterocycles. The predicted molar refractivity (Wildman–Crippen MR) is 92.1 cm³/mol. The van der Waals surface area contributed by atoms with Crippen LogP contribution in [-0.4, -0.2) is 37.6 Å². The van der Waals surface area contributed by atoms with Gasteiger partial charge in [0.25, 0.3) is 5.56 Å². The molecular weight excluding hydrogens is 304 g/mol. The Hall–Kier alpha value is -2.70. The number of nitrogens with zero attached hydrogens (tertiary/aromatic N) is 5. The fourth-order valence-corrected chi connectivity index (χ4v) is 3.42. The molecule has 7 heteroatoms. The molecule has 0 radical (unpaired) electrons. The minimum absolute atomic E-state index is 0.0202. The van der Waals surface area contributed by atoms with Gasteiger partial charge in [-0.25, -0.2) is 15.0 Å². The number of rotatable bonds is 3. The van der Waals surface area contributed by atoms with Crippen LogP contribution in [0.25, 0.3) is 11.0 Å². The van der Waals surface area contributed by atoms with E-state index in [-0.39, 0.29) is 5.56 Å². The van der Waals surface area contributed by atoms with Gasteiger partial charge >= 0.3 is 0 Å².